The van der Waals surface area contributed by atoms with Gasteiger partial charge in [-0.2, -0.15) is 4.31 Å². The second kappa shape index (κ2) is 8.70. The Morgan fingerprint density at radius 2 is 1.86 bits per heavy atom. The highest BCUT2D eigenvalue weighted by Gasteiger charge is 2.31. The molecule has 1 aromatic carbocycles. The van der Waals surface area contributed by atoms with E-state index in [1.54, 1.807) is 24.3 Å². The Kier molecular flexibility index (Phi) is 6.47. The third-order valence-corrected chi connectivity index (χ3v) is 8.08. The zero-order valence-electron chi connectivity index (χ0n) is 15.6. The number of nitrogens with zero attached hydrogens (tertiary/aromatic N) is 2. The molecule has 0 unspecified atom stereocenters. The zero-order valence-corrected chi connectivity index (χ0v) is 18.0. The van der Waals surface area contributed by atoms with Crippen LogP contribution in [0.15, 0.2) is 34.5 Å². The van der Waals surface area contributed by atoms with Gasteiger partial charge in [0, 0.05) is 26.2 Å². The average molecular weight is 458 g/mol. The Labute approximate surface area is 177 Å². The van der Waals surface area contributed by atoms with Gasteiger partial charge in [0.05, 0.1) is 9.90 Å². The first-order chi connectivity index (χ1) is 13.7. The van der Waals surface area contributed by atoms with Crippen molar-refractivity contribution in [2.24, 2.45) is 5.73 Å². The molecule has 2 N–H and O–H groups in total. The summed E-state index contributed by atoms with van der Waals surface area (Å²) < 4.78 is 32.7. The smallest absolute Gasteiger partial charge is 0.260 e. The molecular weight excluding hydrogens is 438 g/mol. The molecule has 0 radical (unpaired) electrons. The zero-order chi connectivity index (χ0) is 21.2. The first kappa shape index (κ1) is 21.6. The highest BCUT2D eigenvalue weighted by atomic mass is 35.5. The third kappa shape index (κ3) is 4.89. The molecule has 2 amide bonds. The van der Waals surface area contributed by atoms with E-state index in [1.165, 1.54) is 15.3 Å². The Balaban J connectivity index is 1.58. The average Bonchev–Trinajstić information content (AvgIpc) is 3.13. The summed E-state index contributed by atoms with van der Waals surface area (Å²) in [7, 11) is -3.62. The van der Waals surface area contributed by atoms with Crippen LogP contribution in [0.2, 0.25) is 4.34 Å². The predicted molar refractivity (Wildman–Crippen MR) is 110 cm³/mol. The van der Waals surface area contributed by atoms with Crippen molar-refractivity contribution < 1.29 is 22.7 Å². The van der Waals surface area contributed by atoms with Gasteiger partial charge in [-0.1, -0.05) is 17.7 Å². The van der Waals surface area contributed by atoms with E-state index < -0.39 is 15.9 Å². The van der Waals surface area contributed by atoms with Crippen molar-refractivity contribution in [1.29, 1.82) is 0 Å². The Morgan fingerprint density at radius 3 is 2.45 bits per heavy atom. The summed E-state index contributed by atoms with van der Waals surface area (Å²) in [5.41, 5.74) is 6.40. The quantitative estimate of drug-likeness (QED) is 0.710. The van der Waals surface area contributed by atoms with E-state index in [0.717, 1.165) is 16.9 Å². The molecule has 3 rings (SSSR count). The summed E-state index contributed by atoms with van der Waals surface area (Å²) in [5, 5.41) is 0. The number of piperazine rings is 1. The van der Waals surface area contributed by atoms with E-state index in [4.69, 9.17) is 22.1 Å². The highest BCUT2D eigenvalue weighted by molar-refractivity contribution is 7.91. The number of rotatable bonds is 6. The molecule has 2 heterocycles. The Morgan fingerprint density at radius 1 is 1.17 bits per heavy atom. The lowest BCUT2D eigenvalue weighted by Gasteiger charge is -2.33. The van der Waals surface area contributed by atoms with Crippen LogP contribution in [0.3, 0.4) is 0 Å². The van der Waals surface area contributed by atoms with Crippen LogP contribution in [0.4, 0.5) is 0 Å². The molecule has 156 valence electrons. The van der Waals surface area contributed by atoms with E-state index in [0.29, 0.717) is 4.34 Å². The molecule has 0 atom stereocenters. The lowest BCUT2D eigenvalue weighted by atomic mass is 10.1. The van der Waals surface area contributed by atoms with Crippen LogP contribution in [0, 0.1) is 6.92 Å². The minimum Gasteiger partial charge on any atom is -0.483 e. The fourth-order valence-electron chi connectivity index (χ4n) is 2.92. The van der Waals surface area contributed by atoms with Crippen LogP contribution in [0.25, 0.3) is 0 Å². The summed E-state index contributed by atoms with van der Waals surface area (Å²) >= 11 is 6.84. The monoisotopic (exact) mass is 457 g/mol. The molecule has 0 spiro atoms. The maximum Gasteiger partial charge on any atom is 0.260 e. The summed E-state index contributed by atoms with van der Waals surface area (Å²) in [6.45, 7) is 2.42. The van der Waals surface area contributed by atoms with Gasteiger partial charge in [0.2, 0.25) is 0 Å². The number of primary amides is 1. The van der Waals surface area contributed by atoms with Gasteiger partial charge < -0.3 is 15.4 Å². The number of ether oxygens (including phenoxy) is 1. The summed E-state index contributed by atoms with van der Waals surface area (Å²) in [4.78, 5) is 25.5. The molecule has 0 saturated carbocycles. The Bertz CT molecular complexity index is 1030. The van der Waals surface area contributed by atoms with E-state index in [-0.39, 0.29) is 54.2 Å². The van der Waals surface area contributed by atoms with E-state index in [2.05, 4.69) is 0 Å². The summed E-state index contributed by atoms with van der Waals surface area (Å²) in [5.74, 6) is -0.681. The van der Waals surface area contributed by atoms with Crippen LogP contribution in [0.1, 0.15) is 15.9 Å². The molecule has 11 heteroatoms. The first-order valence-corrected chi connectivity index (χ1v) is 11.4. The van der Waals surface area contributed by atoms with Gasteiger partial charge in [-0.05, 0) is 36.8 Å². The largest absolute Gasteiger partial charge is 0.483 e. The van der Waals surface area contributed by atoms with Crippen molar-refractivity contribution in [3.8, 4) is 5.75 Å². The SMILES string of the molecule is Cc1ccc(C(N)=O)c(OCC(=O)N2CCN(S(=O)(=O)c3ccc(Cl)s3)CC2)c1. The molecule has 0 bridgehead atoms. The second-order valence-electron chi connectivity index (χ2n) is 6.50. The molecule has 1 aliphatic rings. The van der Waals surface area contributed by atoms with Gasteiger partial charge in [0.25, 0.3) is 21.8 Å². The fourth-order valence-corrected chi connectivity index (χ4v) is 5.98. The van der Waals surface area contributed by atoms with Crippen molar-refractivity contribution >= 4 is 44.8 Å². The number of nitrogens with two attached hydrogens (primary N) is 1. The van der Waals surface area contributed by atoms with Crippen LogP contribution in [0.5, 0.6) is 5.75 Å². The normalized spacial score (nSPS) is 15.3. The molecule has 1 aliphatic heterocycles. The Hall–Kier alpha value is -2.14. The van der Waals surface area contributed by atoms with Crippen LogP contribution in [-0.4, -0.2) is 62.2 Å². The molecule has 2 aromatic rings. The molecule has 8 nitrogen and oxygen atoms in total. The predicted octanol–water partition coefficient (Wildman–Crippen LogP) is 1.72. The number of thiophene rings is 1. The molecular formula is C18H20ClN3O5S2. The fraction of sp³-hybridized carbons (Fsp3) is 0.333. The standard InChI is InChI=1S/C18H20ClN3O5S2/c1-12-2-3-13(18(20)24)14(10-12)27-11-16(23)21-6-8-22(9-7-21)29(25,26)17-5-4-15(19)28-17/h2-5,10H,6-9,11H2,1H3,(H2,20,24). The number of hydrogen-bond acceptors (Lipinski definition) is 6. The van der Waals surface area contributed by atoms with Gasteiger partial charge >= 0.3 is 0 Å². The topological polar surface area (TPSA) is 110 Å². The third-order valence-electron chi connectivity index (χ3n) is 4.49. The molecule has 29 heavy (non-hydrogen) atoms. The van der Waals surface area contributed by atoms with Gasteiger partial charge in [-0.25, -0.2) is 8.42 Å². The van der Waals surface area contributed by atoms with Crippen LogP contribution in [-0.2, 0) is 14.8 Å². The molecule has 0 aliphatic carbocycles. The minimum atomic E-state index is -3.62. The summed E-state index contributed by atoms with van der Waals surface area (Å²) in [6.07, 6.45) is 0. The summed E-state index contributed by atoms with van der Waals surface area (Å²) in [6, 6.07) is 7.95. The van der Waals surface area contributed by atoms with Crippen molar-refractivity contribution in [2.75, 3.05) is 32.8 Å². The van der Waals surface area contributed by atoms with Crippen molar-refractivity contribution in [2.45, 2.75) is 11.1 Å². The van der Waals surface area contributed by atoms with E-state index in [9.17, 15) is 18.0 Å². The maximum absolute atomic E-state index is 12.6. The van der Waals surface area contributed by atoms with Crippen molar-refractivity contribution in [3.63, 3.8) is 0 Å². The molecule has 1 fully saturated rings. The highest BCUT2D eigenvalue weighted by Crippen LogP contribution is 2.28. The van der Waals surface area contributed by atoms with E-state index in [1.807, 2.05) is 6.92 Å². The number of benzene rings is 1. The lowest BCUT2D eigenvalue weighted by molar-refractivity contribution is -0.134. The van der Waals surface area contributed by atoms with Gasteiger partial charge in [-0.3, -0.25) is 9.59 Å². The second-order valence-corrected chi connectivity index (χ2v) is 10.4. The number of sulfonamides is 1. The van der Waals surface area contributed by atoms with Crippen LogP contribution >= 0.6 is 22.9 Å². The number of carbonyl (C=O) groups excluding carboxylic acids is 2. The van der Waals surface area contributed by atoms with Gasteiger partial charge in [0.1, 0.15) is 9.96 Å². The number of carbonyl (C=O) groups is 2. The number of halogens is 1. The van der Waals surface area contributed by atoms with Crippen molar-refractivity contribution in [3.05, 3.63) is 45.8 Å². The maximum atomic E-state index is 12.6. The lowest BCUT2D eigenvalue weighted by Crippen LogP contribution is -2.51. The van der Waals surface area contributed by atoms with E-state index >= 15 is 0 Å². The van der Waals surface area contributed by atoms with Crippen molar-refractivity contribution in [1.82, 2.24) is 9.21 Å². The molecule has 1 saturated heterocycles. The minimum absolute atomic E-state index is 0.181. The van der Waals surface area contributed by atoms with Gasteiger partial charge in [0.15, 0.2) is 6.61 Å². The number of aryl methyl sites for hydroxylation is 1. The first-order valence-electron chi connectivity index (χ1n) is 8.75. The molecule has 1 aromatic heterocycles. The number of amides is 2. The van der Waals surface area contributed by atoms with Crippen LogP contribution < -0.4 is 10.5 Å². The number of hydrogen-bond donors (Lipinski definition) is 1. The van der Waals surface area contributed by atoms with Gasteiger partial charge in [-0.15, -0.1) is 11.3 Å².